The number of non-ortho nitro benzene ring substituents is 1. The number of carboxylic acid groups (broad SMARTS) is 1. The first-order chi connectivity index (χ1) is 9.88. The van der Waals surface area contributed by atoms with Crippen LogP contribution in [0.15, 0.2) is 30.5 Å². The average Bonchev–Trinajstić information content (AvgIpc) is 2.42. The van der Waals surface area contributed by atoms with Crippen molar-refractivity contribution in [2.75, 3.05) is 0 Å². The molecule has 1 heterocycles. The summed E-state index contributed by atoms with van der Waals surface area (Å²) in [6.45, 7) is 1.78. The number of aromatic nitrogens is 1. The molecule has 0 radical (unpaired) electrons. The Labute approximate surface area is 123 Å². The lowest BCUT2D eigenvalue weighted by Gasteiger charge is -2.10. The molecule has 0 amide bonds. The van der Waals surface area contributed by atoms with Gasteiger partial charge < -0.3 is 9.84 Å². The van der Waals surface area contributed by atoms with Crippen LogP contribution in [0, 0.1) is 17.0 Å². The number of carboxylic acids is 1. The van der Waals surface area contributed by atoms with E-state index in [0.717, 1.165) is 17.8 Å². The first-order valence-electron chi connectivity index (χ1n) is 5.70. The minimum Gasteiger partial charge on any atom is -0.478 e. The zero-order valence-corrected chi connectivity index (χ0v) is 11.5. The largest absolute Gasteiger partial charge is 0.478 e. The molecule has 1 N–H and O–H groups in total. The Hall–Kier alpha value is -2.67. The third-order valence-electron chi connectivity index (χ3n) is 2.57. The molecule has 0 atom stereocenters. The van der Waals surface area contributed by atoms with Gasteiger partial charge in [-0.1, -0.05) is 11.6 Å². The van der Waals surface area contributed by atoms with E-state index in [4.69, 9.17) is 21.4 Å². The van der Waals surface area contributed by atoms with Crippen LogP contribution >= 0.6 is 11.6 Å². The molecular weight excluding hydrogens is 300 g/mol. The van der Waals surface area contributed by atoms with E-state index >= 15 is 0 Å². The van der Waals surface area contributed by atoms with Gasteiger partial charge >= 0.3 is 5.97 Å². The minimum absolute atomic E-state index is 0.165. The van der Waals surface area contributed by atoms with Crippen molar-refractivity contribution in [1.29, 1.82) is 0 Å². The van der Waals surface area contributed by atoms with E-state index in [2.05, 4.69) is 4.98 Å². The van der Waals surface area contributed by atoms with Gasteiger partial charge in [-0.2, -0.15) is 0 Å². The molecule has 2 aromatic rings. The van der Waals surface area contributed by atoms with Crippen LogP contribution in [-0.4, -0.2) is 21.0 Å². The first kappa shape index (κ1) is 14.7. The van der Waals surface area contributed by atoms with Gasteiger partial charge in [-0.15, -0.1) is 0 Å². The van der Waals surface area contributed by atoms with E-state index in [0.29, 0.717) is 0 Å². The van der Waals surface area contributed by atoms with Crippen molar-refractivity contribution in [1.82, 2.24) is 4.98 Å². The molecule has 2 rings (SSSR count). The Morgan fingerprint density at radius 3 is 2.67 bits per heavy atom. The summed E-state index contributed by atoms with van der Waals surface area (Å²) in [7, 11) is 0. The number of pyridine rings is 1. The summed E-state index contributed by atoms with van der Waals surface area (Å²) in [5, 5.41) is 19.7. The van der Waals surface area contributed by atoms with Crippen molar-refractivity contribution in [2.24, 2.45) is 0 Å². The Bertz CT molecular complexity index is 715. The van der Waals surface area contributed by atoms with Crippen LogP contribution in [0.3, 0.4) is 0 Å². The normalized spacial score (nSPS) is 10.2. The number of hydrogen-bond donors (Lipinski definition) is 1. The summed E-state index contributed by atoms with van der Waals surface area (Å²) in [6, 6.07) is 5.19. The third kappa shape index (κ3) is 3.26. The summed E-state index contributed by atoms with van der Waals surface area (Å²) < 4.78 is 5.39. The zero-order valence-electron chi connectivity index (χ0n) is 10.7. The van der Waals surface area contributed by atoms with Gasteiger partial charge in [-0.25, -0.2) is 4.79 Å². The van der Waals surface area contributed by atoms with Crippen molar-refractivity contribution in [3.8, 4) is 11.5 Å². The van der Waals surface area contributed by atoms with E-state index < -0.39 is 22.1 Å². The Morgan fingerprint density at radius 2 is 2.14 bits per heavy atom. The smallest absolute Gasteiger partial charge is 0.339 e. The summed E-state index contributed by atoms with van der Waals surface area (Å²) in [5.74, 6) is -1.27. The molecular formula is C13H9ClN2O5. The molecule has 0 aliphatic rings. The Morgan fingerprint density at radius 1 is 1.43 bits per heavy atom. The highest BCUT2D eigenvalue weighted by atomic mass is 35.5. The quantitative estimate of drug-likeness (QED) is 0.685. The van der Waals surface area contributed by atoms with Crippen LogP contribution in [-0.2, 0) is 0 Å². The van der Waals surface area contributed by atoms with Crippen LogP contribution in [0.25, 0.3) is 0 Å². The highest BCUT2D eigenvalue weighted by molar-refractivity contribution is 6.33. The lowest BCUT2D eigenvalue weighted by atomic mass is 10.1. The second kappa shape index (κ2) is 5.76. The maximum atomic E-state index is 11.2. The number of nitro benzene ring substituents is 1. The van der Waals surface area contributed by atoms with E-state index in [1.165, 1.54) is 6.20 Å². The molecule has 108 valence electrons. The monoisotopic (exact) mass is 308 g/mol. The number of nitro groups is 1. The highest BCUT2D eigenvalue weighted by Gasteiger charge is 2.22. The van der Waals surface area contributed by atoms with Gasteiger partial charge in [0.1, 0.15) is 11.3 Å². The number of benzene rings is 1. The molecule has 1 aromatic heterocycles. The molecule has 0 fully saturated rings. The summed E-state index contributed by atoms with van der Waals surface area (Å²) >= 11 is 5.89. The highest BCUT2D eigenvalue weighted by Crippen LogP contribution is 2.36. The molecule has 0 spiro atoms. The lowest BCUT2D eigenvalue weighted by Crippen LogP contribution is -2.02. The van der Waals surface area contributed by atoms with Gasteiger partial charge in [0.25, 0.3) is 5.69 Å². The van der Waals surface area contributed by atoms with Crippen molar-refractivity contribution >= 4 is 23.3 Å². The van der Waals surface area contributed by atoms with Crippen LogP contribution in [0.2, 0.25) is 5.02 Å². The predicted molar refractivity (Wildman–Crippen MR) is 74.1 cm³/mol. The Kier molecular flexibility index (Phi) is 4.04. The molecule has 7 nitrogen and oxygen atoms in total. The first-order valence-corrected chi connectivity index (χ1v) is 6.08. The second-order valence-electron chi connectivity index (χ2n) is 4.10. The number of halogens is 1. The molecule has 21 heavy (non-hydrogen) atoms. The molecule has 0 saturated carbocycles. The zero-order chi connectivity index (χ0) is 15.6. The van der Waals surface area contributed by atoms with Crippen LogP contribution in [0.1, 0.15) is 16.1 Å². The van der Waals surface area contributed by atoms with Gasteiger partial charge in [-0.05, 0) is 19.1 Å². The van der Waals surface area contributed by atoms with E-state index in [1.54, 1.807) is 19.1 Å². The SMILES string of the molecule is Cc1ccc(Oc2c(Cl)cc([N+](=O)[O-])cc2C(=O)O)cn1. The summed E-state index contributed by atoms with van der Waals surface area (Å²) in [6.07, 6.45) is 1.40. The van der Waals surface area contributed by atoms with Gasteiger partial charge in [0.2, 0.25) is 0 Å². The second-order valence-corrected chi connectivity index (χ2v) is 4.51. The lowest BCUT2D eigenvalue weighted by molar-refractivity contribution is -0.384. The van der Waals surface area contributed by atoms with Crippen molar-refractivity contribution in [2.45, 2.75) is 6.92 Å². The number of rotatable bonds is 4. The molecule has 0 aliphatic carbocycles. The van der Waals surface area contributed by atoms with Crippen molar-refractivity contribution in [3.05, 3.63) is 56.9 Å². The maximum absolute atomic E-state index is 11.2. The van der Waals surface area contributed by atoms with Gasteiger partial charge in [0, 0.05) is 17.8 Å². The number of hydrogen-bond acceptors (Lipinski definition) is 5. The third-order valence-corrected chi connectivity index (χ3v) is 2.85. The summed E-state index contributed by atoms with van der Waals surface area (Å²) in [4.78, 5) is 25.2. The number of aryl methyl sites for hydroxylation is 1. The Balaban J connectivity index is 2.49. The fraction of sp³-hybridized carbons (Fsp3) is 0.0769. The van der Waals surface area contributed by atoms with E-state index in [9.17, 15) is 14.9 Å². The van der Waals surface area contributed by atoms with Crippen molar-refractivity contribution < 1.29 is 19.6 Å². The van der Waals surface area contributed by atoms with E-state index in [1.807, 2.05) is 0 Å². The predicted octanol–water partition coefficient (Wildman–Crippen LogP) is 3.44. The number of aromatic carboxylic acids is 1. The maximum Gasteiger partial charge on any atom is 0.339 e. The van der Waals surface area contributed by atoms with Gasteiger partial charge in [-0.3, -0.25) is 15.1 Å². The van der Waals surface area contributed by atoms with Crippen molar-refractivity contribution in [3.63, 3.8) is 0 Å². The standard InChI is InChI=1S/C13H9ClN2O5/c1-7-2-3-9(6-15-7)21-12-10(13(17)18)4-8(16(19)20)5-11(12)14/h2-6H,1H3,(H,17,18). The molecule has 0 aliphatic heterocycles. The number of nitrogens with zero attached hydrogens (tertiary/aromatic N) is 2. The molecule has 0 unspecified atom stereocenters. The fourth-order valence-corrected chi connectivity index (χ4v) is 1.83. The topological polar surface area (TPSA) is 103 Å². The van der Waals surface area contributed by atoms with E-state index in [-0.39, 0.29) is 16.5 Å². The fourth-order valence-electron chi connectivity index (χ4n) is 1.58. The van der Waals surface area contributed by atoms with Crippen LogP contribution < -0.4 is 4.74 Å². The minimum atomic E-state index is -1.38. The van der Waals surface area contributed by atoms with Crippen LogP contribution in [0.5, 0.6) is 11.5 Å². The van der Waals surface area contributed by atoms with Gasteiger partial charge in [0.05, 0.1) is 16.1 Å². The molecule has 0 bridgehead atoms. The van der Waals surface area contributed by atoms with Gasteiger partial charge in [0.15, 0.2) is 5.75 Å². The number of carbonyl (C=O) groups is 1. The molecule has 1 aromatic carbocycles. The molecule has 0 saturated heterocycles. The van der Waals surface area contributed by atoms with Crippen LogP contribution in [0.4, 0.5) is 5.69 Å². The summed E-state index contributed by atoms with van der Waals surface area (Å²) in [5.41, 5.74) is -0.0582. The number of ether oxygens (including phenoxy) is 1. The average molecular weight is 309 g/mol. The molecule has 8 heteroatoms.